The van der Waals surface area contributed by atoms with Crippen LogP contribution in [0.5, 0.6) is 0 Å². The zero-order valence-electron chi connectivity index (χ0n) is 8.46. The van der Waals surface area contributed by atoms with E-state index in [1.807, 2.05) is 0 Å². The van der Waals surface area contributed by atoms with Crippen molar-refractivity contribution in [3.05, 3.63) is 0 Å². The van der Waals surface area contributed by atoms with Gasteiger partial charge in [-0.15, -0.1) is 23.2 Å². The molecule has 1 atom stereocenters. The number of nitrogens with one attached hydrogen (secondary N) is 2. The summed E-state index contributed by atoms with van der Waals surface area (Å²) in [6.07, 6.45) is 1.73. The normalized spacial score (nSPS) is 15.2. The molecule has 0 fully saturated rings. The molecule has 0 spiro atoms. The van der Waals surface area contributed by atoms with Crippen molar-refractivity contribution in [1.29, 1.82) is 5.41 Å². The predicted molar refractivity (Wildman–Crippen MR) is 66.2 cm³/mol. The fraction of sp³-hybridized carbons (Fsp3) is 0.857. The van der Waals surface area contributed by atoms with Gasteiger partial charge in [0, 0.05) is 31.4 Å². The summed E-state index contributed by atoms with van der Waals surface area (Å²) in [5.41, 5.74) is 5.65. The molecule has 0 heterocycles. The van der Waals surface area contributed by atoms with Crippen molar-refractivity contribution >= 4 is 37.0 Å². The van der Waals surface area contributed by atoms with Gasteiger partial charge in [0.25, 0.3) is 7.59 Å². The van der Waals surface area contributed by atoms with Crippen LogP contribution in [0.25, 0.3) is 0 Å². The first kappa shape index (κ1) is 15.4. The van der Waals surface area contributed by atoms with Gasteiger partial charge in [-0.1, -0.05) is 0 Å². The van der Waals surface area contributed by atoms with Crippen LogP contribution in [0.4, 0.5) is 0 Å². The van der Waals surface area contributed by atoms with Gasteiger partial charge in [0.2, 0.25) is 0 Å². The number of nitrogens with two attached hydrogens (primary N) is 1. The maximum absolute atomic E-state index is 12.0. The van der Waals surface area contributed by atoms with E-state index in [0.29, 0.717) is 37.8 Å². The monoisotopic (exact) mass is 274 g/mol. The van der Waals surface area contributed by atoms with Crippen LogP contribution in [0.2, 0.25) is 0 Å². The smallest absolute Gasteiger partial charge is 0.279 e. The lowest BCUT2D eigenvalue weighted by Gasteiger charge is -2.27. The summed E-state index contributed by atoms with van der Waals surface area (Å²) in [6.45, 7) is 1.28. The second-order valence-corrected chi connectivity index (χ2v) is 5.74. The molecule has 8 heteroatoms. The molecule has 0 aromatic carbocycles. The third kappa shape index (κ3) is 6.51. The van der Waals surface area contributed by atoms with Gasteiger partial charge >= 0.3 is 0 Å². The van der Waals surface area contributed by atoms with Crippen LogP contribution in [-0.2, 0) is 4.57 Å². The Morgan fingerprint density at radius 1 is 1.40 bits per heavy atom. The molecule has 4 N–H and O–H groups in total. The molecular weight excluding hydrogens is 258 g/mol. The van der Waals surface area contributed by atoms with E-state index >= 15 is 0 Å². The average molecular weight is 275 g/mol. The predicted octanol–water partition coefficient (Wildman–Crippen LogP) is 1.46. The number of nitrogens with zero attached hydrogens (tertiary/aromatic N) is 1. The molecular formula is C7H17Cl2N4OP. The maximum atomic E-state index is 12.0. The summed E-state index contributed by atoms with van der Waals surface area (Å²) in [6, 6.07) is 0. The summed E-state index contributed by atoms with van der Waals surface area (Å²) in [4.78, 5) is 0. The highest BCUT2D eigenvalue weighted by atomic mass is 35.5. The standard InChI is InChI=1S/C7H17Cl2N4OP/c8-2-6-13(7-3-9)15(11,14)12-5-1-4-10/h4,10H,1-3,5-7H2,(H3,11,12,14). The molecule has 0 amide bonds. The molecule has 5 nitrogen and oxygen atoms in total. The number of hydrogen-bond donors (Lipinski definition) is 3. The highest BCUT2D eigenvalue weighted by Crippen LogP contribution is 2.35. The van der Waals surface area contributed by atoms with E-state index in [2.05, 4.69) is 5.09 Å². The summed E-state index contributed by atoms with van der Waals surface area (Å²) in [5.74, 6) is 0.703. The molecule has 0 saturated carbocycles. The number of halogens is 2. The molecule has 0 radical (unpaired) electrons. The van der Waals surface area contributed by atoms with Crippen molar-refractivity contribution in [3.8, 4) is 0 Å². The van der Waals surface area contributed by atoms with Gasteiger partial charge in [0.15, 0.2) is 0 Å². The van der Waals surface area contributed by atoms with Crippen LogP contribution < -0.4 is 10.6 Å². The highest BCUT2D eigenvalue weighted by Gasteiger charge is 2.23. The first-order valence-electron chi connectivity index (χ1n) is 4.58. The van der Waals surface area contributed by atoms with Crippen molar-refractivity contribution in [1.82, 2.24) is 9.76 Å². The van der Waals surface area contributed by atoms with Gasteiger partial charge in [-0.3, -0.25) is 10.1 Å². The Morgan fingerprint density at radius 3 is 2.33 bits per heavy atom. The number of alkyl halides is 2. The quantitative estimate of drug-likeness (QED) is 0.257. The molecule has 0 aromatic heterocycles. The van der Waals surface area contributed by atoms with Crippen molar-refractivity contribution in [2.45, 2.75) is 6.42 Å². The largest absolute Gasteiger partial charge is 0.313 e. The summed E-state index contributed by atoms with van der Waals surface area (Å²) < 4.78 is 13.5. The molecule has 0 aliphatic carbocycles. The zero-order valence-corrected chi connectivity index (χ0v) is 10.9. The van der Waals surface area contributed by atoms with Crippen molar-refractivity contribution in [2.75, 3.05) is 31.4 Å². The first-order valence-corrected chi connectivity index (χ1v) is 7.38. The van der Waals surface area contributed by atoms with E-state index in [4.69, 9.17) is 34.1 Å². The lowest BCUT2D eigenvalue weighted by molar-refractivity contribution is 0.436. The first-order chi connectivity index (χ1) is 7.08. The van der Waals surface area contributed by atoms with Gasteiger partial charge in [-0.05, 0) is 12.6 Å². The van der Waals surface area contributed by atoms with E-state index in [1.54, 1.807) is 4.67 Å². The second kappa shape index (κ2) is 8.50. The molecule has 0 rings (SSSR count). The van der Waals surface area contributed by atoms with E-state index in [0.717, 1.165) is 0 Å². The molecule has 15 heavy (non-hydrogen) atoms. The molecule has 0 aliphatic heterocycles. The van der Waals surface area contributed by atoms with Gasteiger partial charge in [-0.25, -0.2) is 9.76 Å². The lowest BCUT2D eigenvalue weighted by atomic mass is 10.5. The number of hydrogen-bond acceptors (Lipinski definition) is 2. The Bertz CT molecular complexity index is 223. The maximum Gasteiger partial charge on any atom is 0.279 e. The van der Waals surface area contributed by atoms with E-state index < -0.39 is 7.59 Å². The van der Waals surface area contributed by atoms with Crippen molar-refractivity contribution < 1.29 is 4.57 Å². The van der Waals surface area contributed by atoms with E-state index in [-0.39, 0.29) is 0 Å². The topological polar surface area (TPSA) is 82.2 Å². The fourth-order valence-corrected chi connectivity index (χ4v) is 3.09. The third-order valence-corrected chi connectivity index (χ3v) is 3.99. The van der Waals surface area contributed by atoms with Crippen LogP contribution >= 0.6 is 30.8 Å². The van der Waals surface area contributed by atoms with Gasteiger partial charge < -0.3 is 5.41 Å². The van der Waals surface area contributed by atoms with Gasteiger partial charge in [-0.2, -0.15) is 0 Å². The summed E-state index contributed by atoms with van der Waals surface area (Å²) >= 11 is 11.1. The Labute approximate surface area is 100 Å². The Kier molecular flexibility index (Phi) is 8.71. The minimum Gasteiger partial charge on any atom is -0.313 e. The zero-order chi connectivity index (χ0) is 11.7. The number of rotatable bonds is 9. The molecule has 0 bridgehead atoms. The molecule has 1 unspecified atom stereocenters. The van der Waals surface area contributed by atoms with Gasteiger partial charge in [0.05, 0.1) is 0 Å². The lowest BCUT2D eigenvalue weighted by Crippen LogP contribution is -2.35. The summed E-state index contributed by atoms with van der Waals surface area (Å²) in [5, 5.41) is 9.55. The SMILES string of the molecule is N=CCCNP(N)(=O)N(CCCl)CCCl. The van der Waals surface area contributed by atoms with Crippen LogP contribution in [0, 0.1) is 5.41 Å². The minimum absolute atomic E-state index is 0.352. The van der Waals surface area contributed by atoms with E-state index in [1.165, 1.54) is 6.21 Å². The van der Waals surface area contributed by atoms with Crippen LogP contribution in [-0.4, -0.2) is 42.3 Å². The van der Waals surface area contributed by atoms with Crippen molar-refractivity contribution in [2.24, 2.45) is 5.50 Å². The van der Waals surface area contributed by atoms with Crippen molar-refractivity contribution in [3.63, 3.8) is 0 Å². The third-order valence-electron chi connectivity index (χ3n) is 1.73. The highest BCUT2D eigenvalue weighted by molar-refractivity contribution is 7.56. The minimum atomic E-state index is -3.05. The Balaban J connectivity index is 4.21. The van der Waals surface area contributed by atoms with Crippen LogP contribution in [0.15, 0.2) is 0 Å². The van der Waals surface area contributed by atoms with Crippen LogP contribution in [0.3, 0.4) is 0 Å². The Morgan fingerprint density at radius 2 is 1.93 bits per heavy atom. The molecule has 0 aromatic rings. The Hall–Kier alpha value is 0.360. The van der Waals surface area contributed by atoms with Gasteiger partial charge in [0.1, 0.15) is 0 Å². The molecule has 90 valence electrons. The molecule has 0 saturated heterocycles. The van der Waals surface area contributed by atoms with E-state index in [9.17, 15) is 4.57 Å². The second-order valence-electron chi connectivity index (χ2n) is 2.86. The molecule has 0 aliphatic rings. The fourth-order valence-electron chi connectivity index (χ4n) is 1.00. The average Bonchev–Trinajstić information content (AvgIpc) is 2.18. The summed E-state index contributed by atoms with van der Waals surface area (Å²) in [7, 11) is -3.05. The van der Waals surface area contributed by atoms with Crippen LogP contribution in [0.1, 0.15) is 6.42 Å².